The highest BCUT2D eigenvalue weighted by Crippen LogP contribution is 2.28. The first-order valence-corrected chi connectivity index (χ1v) is 6.69. The molecule has 4 nitrogen and oxygen atoms in total. The van der Waals surface area contributed by atoms with Crippen molar-refractivity contribution in [3.05, 3.63) is 70.8 Å². The fourth-order valence-corrected chi connectivity index (χ4v) is 2.38. The molecule has 0 aliphatic carbocycles. The number of benzene rings is 2. The summed E-state index contributed by atoms with van der Waals surface area (Å²) in [6, 6.07) is 13.6. The molecular weight excluding hydrogens is 268 g/mol. The van der Waals surface area contributed by atoms with Gasteiger partial charge in [-0.15, -0.1) is 0 Å². The van der Waals surface area contributed by atoms with Gasteiger partial charge < -0.3 is 10.2 Å². The minimum atomic E-state index is -0.944. The van der Waals surface area contributed by atoms with Crippen molar-refractivity contribution in [1.29, 1.82) is 0 Å². The van der Waals surface area contributed by atoms with Gasteiger partial charge in [-0.05, 0) is 41.8 Å². The van der Waals surface area contributed by atoms with Crippen LogP contribution >= 0.6 is 0 Å². The standard InChI is InChI=1S/C17H16O4/c1-2-15(11-3-7-13(8-4-11)16(18)19)12-5-9-14(10-6-12)17(20)21/h3-10,15H,2H2,1H3,(H,18,19)(H,20,21). The van der Waals surface area contributed by atoms with Crippen LogP contribution in [0.1, 0.15) is 51.1 Å². The summed E-state index contributed by atoms with van der Waals surface area (Å²) >= 11 is 0. The average molecular weight is 284 g/mol. The summed E-state index contributed by atoms with van der Waals surface area (Å²) in [5.74, 6) is -1.77. The Kier molecular flexibility index (Phi) is 4.38. The van der Waals surface area contributed by atoms with E-state index in [2.05, 4.69) is 0 Å². The zero-order valence-corrected chi connectivity index (χ0v) is 11.6. The van der Waals surface area contributed by atoms with Crippen LogP contribution in [-0.4, -0.2) is 22.2 Å². The summed E-state index contributed by atoms with van der Waals surface area (Å²) in [5, 5.41) is 17.8. The summed E-state index contributed by atoms with van der Waals surface area (Å²) in [5.41, 5.74) is 2.56. The molecule has 0 unspecified atom stereocenters. The van der Waals surface area contributed by atoms with E-state index in [-0.39, 0.29) is 17.0 Å². The summed E-state index contributed by atoms with van der Waals surface area (Å²) in [4.78, 5) is 21.7. The van der Waals surface area contributed by atoms with Gasteiger partial charge in [0.15, 0.2) is 0 Å². The van der Waals surface area contributed by atoms with E-state index in [1.165, 1.54) is 0 Å². The molecule has 0 amide bonds. The third-order valence-corrected chi connectivity index (χ3v) is 3.53. The minimum absolute atomic E-state index is 0.121. The normalized spacial score (nSPS) is 10.6. The Balaban J connectivity index is 2.30. The number of carboxylic acid groups (broad SMARTS) is 2. The third kappa shape index (κ3) is 3.28. The molecule has 0 spiro atoms. The lowest BCUT2D eigenvalue weighted by atomic mass is 9.88. The highest BCUT2D eigenvalue weighted by atomic mass is 16.4. The Hall–Kier alpha value is -2.62. The van der Waals surface area contributed by atoms with E-state index in [0.29, 0.717) is 0 Å². The van der Waals surface area contributed by atoms with E-state index in [0.717, 1.165) is 17.5 Å². The summed E-state index contributed by atoms with van der Waals surface area (Å²) in [6.07, 6.45) is 0.846. The second-order valence-electron chi connectivity index (χ2n) is 4.82. The van der Waals surface area contributed by atoms with Crippen LogP contribution in [0, 0.1) is 0 Å². The van der Waals surface area contributed by atoms with Gasteiger partial charge in [0.2, 0.25) is 0 Å². The van der Waals surface area contributed by atoms with Crippen LogP contribution in [0.15, 0.2) is 48.5 Å². The smallest absolute Gasteiger partial charge is 0.335 e. The average Bonchev–Trinajstić information content (AvgIpc) is 2.49. The second-order valence-corrected chi connectivity index (χ2v) is 4.82. The van der Waals surface area contributed by atoms with Crippen LogP contribution in [0.3, 0.4) is 0 Å². The molecule has 2 aromatic rings. The maximum Gasteiger partial charge on any atom is 0.335 e. The molecule has 0 aliphatic heterocycles. The maximum absolute atomic E-state index is 10.9. The van der Waals surface area contributed by atoms with Crippen LogP contribution < -0.4 is 0 Å². The molecule has 2 aromatic carbocycles. The van der Waals surface area contributed by atoms with Gasteiger partial charge in [-0.25, -0.2) is 9.59 Å². The van der Waals surface area contributed by atoms with E-state index in [4.69, 9.17) is 10.2 Å². The Morgan fingerprint density at radius 1 is 0.810 bits per heavy atom. The van der Waals surface area contributed by atoms with E-state index in [9.17, 15) is 9.59 Å². The Morgan fingerprint density at radius 2 is 1.14 bits per heavy atom. The Labute approximate surface area is 122 Å². The highest BCUT2D eigenvalue weighted by molar-refractivity contribution is 5.88. The predicted octanol–water partition coefficient (Wildman–Crippen LogP) is 3.62. The highest BCUT2D eigenvalue weighted by Gasteiger charge is 2.13. The number of carboxylic acids is 2. The van der Waals surface area contributed by atoms with Crippen molar-refractivity contribution in [3.8, 4) is 0 Å². The topological polar surface area (TPSA) is 74.6 Å². The molecule has 4 heteroatoms. The number of aromatic carboxylic acids is 2. The molecule has 0 saturated carbocycles. The van der Waals surface area contributed by atoms with E-state index in [1.54, 1.807) is 24.3 Å². The molecule has 2 N–H and O–H groups in total. The Bertz CT molecular complexity index is 584. The van der Waals surface area contributed by atoms with Crippen LogP contribution in [-0.2, 0) is 0 Å². The zero-order chi connectivity index (χ0) is 15.4. The molecule has 21 heavy (non-hydrogen) atoms. The summed E-state index contributed by atoms with van der Waals surface area (Å²) in [6.45, 7) is 2.04. The van der Waals surface area contributed by atoms with E-state index >= 15 is 0 Å². The van der Waals surface area contributed by atoms with Crippen molar-refractivity contribution in [2.75, 3.05) is 0 Å². The summed E-state index contributed by atoms with van der Waals surface area (Å²) < 4.78 is 0. The van der Waals surface area contributed by atoms with Crippen molar-refractivity contribution in [2.45, 2.75) is 19.3 Å². The molecule has 0 fully saturated rings. The van der Waals surface area contributed by atoms with Crippen molar-refractivity contribution < 1.29 is 19.8 Å². The van der Waals surface area contributed by atoms with Crippen molar-refractivity contribution in [1.82, 2.24) is 0 Å². The lowest BCUT2D eigenvalue weighted by Crippen LogP contribution is -2.03. The van der Waals surface area contributed by atoms with Crippen LogP contribution in [0.2, 0.25) is 0 Å². The van der Waals surface area contributed by atoms with E-state index < -0.39 is 11.9 Å². The first-order chi connectivity index (χ1) is 10.0. The van der Waals surface area contributed by atoms with Crippen molar-refractivity contribution in [3.63, 3.8) is 0 Å². The number of hydrogen-bond donors (Lipinski definition) is 2. The Morgan fingerprint density at radius 3 is 1.38 bits per heavy atom. The quantitative estimate of drug-likeness (QED) is 0.879. The van der Waals surface area contributed by atoms with Gasteiger partial charge in [-0.2, -0.15) is 0 Å². The fraction of sp³-hybridized carbons (Fsp3) is 0.176. The molecule has 108 valence electrons. The van der Waals surface area contributed by atoms with Gasteiger partial charge in [0.1, 0.15) is 0 Å². The van der Waals surface area contributed by atoms with Crippen LogP contribution in [0.5, 0.6) is 0 Å². The minimum Gasteiger partial charge on any atom is -0.478 e. The number of rotatable bonds is 5. The number of carbonyl (C=O) groups is 2. The van der Waals surface area contributed by atoms with Gasteiger partial charge in [0, 0.05) is 5.92 Å². The molecule has 0 saturated heterocycles. The largest absolute Gasteiger partial charge is 0.478 e. The maximum atomic E-state index is 10.9. The zero-order valence-electron chi connectivity index (χ0n) is 11.6. The first-order valence-electron chi connectivity index (χ1n) is 6.69. The van der Waals surface area contributed by atoms with Crippen LogP contribution in [0.25, 0.3) is 0 Å². The van der Waals surface area contributed by atoms with Crippen LogP contribution in [0.4, 0.5) is 0 Å². The lowest BCUT2D eigenvalue weighted by molar-refractivity contribution is 0.0686. The molecule has 0 bridgehead atoms. The first kappa shape index (κ1) is 14.8. The predicted molar refractivity (Wildman–Crippen MR) is 78.9 cm³/mol. The molecule has 0 aromatic heterocycles. The van der Waals surface area contributed by atoms with E-state index in [1.807, 2.05) is 31.2 Å². The molecular formula is C17H16O4. The van der Waals surface area contributed by atoms with Crippen molar-refractivity contribution >= 4 is 11.9 Å². The van der Waals surface area contributed by atoms with Gasteiger partial charge in [0.05, 0.1) is 11.1 Å². The molecule has 0 atom stereocenters. The molecule has 0 radical (unpaired) electrons. The lowest BCUT2D eigenvalue weighted by Gasteiger charge is -2.16. The fourth-order valence-electron chi connectivity index (χ4n) is 2.38. The monoisotopic (exact) mass is 284 g/mol. The van der Waals surface area contributed by atoms with Gasteiger partial charge >= 0.3 is 11.9 Å². The number of hydrogen-bond acceptors (Lipinski definition) is 2. The molecule has 2 rings (SSSR count). The second kappa shape index (κ2) is 6.22. The molecule has 0 aliphatic rings. The van der Waals surface area contributed by atoms with Crippen molar-refractivity contribution in [2.24, 2.45) is 0 Å². The molecule has 0 heterocycles. The third-order valence-electron chi connectivity index (χ3n) is 3.53. The van der Waals surface area contributed by atoms with Gasteiger partial charge in [-0.1, -0.05) is 31.2 Å². The van der Waals surface area contributed by atoms with Gasteiger partial charge in [0.25, 0.3) is 0 Å². The summed E-state index contributed by atoms with van der Waals surface area (Å²) in [7, 11) is 0. The SMILES string of the molecule is CCC(c1ccc(C(=O)O)cc1)c1ccc(C(=O)O)cc1. The van der Waals surface area contributed by atoms with Gasteiger partial charge in [-0.3, -0.25) is 0 Å².